The maximum Gasteiger partial charge on any atom is 0.407 e. The summed E-state index contributed by atoms with van der Waals surface area (Å²) < 4.78 is 6.86. The Morgan fingerprint density at radius 3 is 2.54 bits per heavy atom. The fourth-order valence-corrected chi connectivity index (χ4v) is 2.17. The number of rotatable bonds is 7. The molecule has 1 aromatic heterocycles. The molecule has 0 unspecified atom stereocenters. The van der Waals surface area contributed by atoms with Crippen molar-refractivity contribution >= 4 is 17.7 Å². The van der Waals surface area contributed by atoms with Gasteiger partial charge in [0.25, 0.3) is 0 Å². The molecule has 140 valence electrons. The van der Waals surface area contributed by atoms with Gasteiger partial charge >= 0.3 is 6.09 Å². The number of ether oxygens (including phenoxy) is 1. The molecule has 0 aliphatic rings. The van der Waals surface area contributed by atoms with Crippen LogP contribution >= 0.6 is 0 Å². The zero-order valence-corrected chi connectivity index (χ0v) is 15.4. The Kier molecular flexibility index (Phi) is 6.71. The number of anilines is 1. The minimum atomic E-state index is -0.526. The molecule has 1 aromatic carbocycles. The molecule has 1 heterocycles. The molecule has 8 nitrogen and oxygen atoms in total. The van der Waals surface area contributed by atoms with Crippen LogP contribution in [0.4, 0.5) is 10.5 Å². The zero-order chi connectivity index (χ0) is 19.0. The predicted molar refractivity (Wildman–Crippen MR) is 97.7 cm³/mol. The van der Waals surface area contributed by atoms with Crippen molar-refractivity contribution in [1.29, 1.82) is 0 Å². The zero-order valence-electron chi connectivity index (χ0n) is 15.4. The van der Waals surface area contributed by atoms with Crippen LogP contribution in [0.15, 0.2) is 36.9 Å². The number of carbonyl (C=O) groups is 2. The van der Waals surface area contributed by atoms with Gasteiger partial charge in [-0.2, -0.15) is 5.10 Å². The molecule has 0 aliphatic carbocycles. The average Bonchev–Trinajstić information content (AvgIpc) is 3.05. The monoisotopic (exact) mass is 359 g/mol. The molecule has 0 saturated carbocycles. The fourth-order valence-electron chi connectivity index (χ4n) is 2.17. The topological polar surface area (TPSA) is 98.1 Å². The summed E-state index contributed by atoms with van der Waals surface area (Å²) in [7, 11) is 0. The molecule has 0 radical (unpaired) electrons. The summed E-state index contributed by atoms with van der Waals surface area (Å²) in [5.74, 6) is -0.0972. The van der Waals surface area contributed by atoms with E-state index < -0.39 is 11.7 Å². The van der Waals surface area contributed by atoms with Crippen LogP contribution in [0.2, 0.25) is 0 Å². The summed E-state index contributed by atoms with van der Waals surface area (Å²) in [5.41, 5.74) is 1.27. The van der Waals surface area contributed by atoms with Gasteiger partial charge in [0, 0.05) is 18.7 Å². The lowest BCUT2D eigenvalue weighted by atomic mass is 10.2. The highest BCUT2D eigenvalue weighted by molar-refractivity contribution is 5.90. The molecule has 2 amide bonds. The molecule has 8 heteroatoms. The van der Waals surface area contributed by atoms with E-state index in [2.05, 4.69) is 20.7 Å². The third-order valence-corrected chi connectivity index (χ3v) is 3.30. The van der Waals surface area contributed by atoms with Gasteiger partial charge in [-0.25, -0.2) is 14.5 Å². The average molecular weight is 359 g/mol. The Hall–Kier alpha value is -2.90. The van der Waals surface area contributed by atoms with E-state index in [1.807, 2.05) is 24.3 Å². The number of aromatic nitrogens is 3. The normalized spacial score (nSPS) is 11.0. The second kappa shape index (κ2) is 8.98. The van der Waals surface area contributed by atoms with Crippen LogP contribution in [0.5, 0.6) is 0 Å². The van der Waals surface area contributed by atoms with E-state index in [9.17, 15) is 9.59 Å². The summed E-state index contributed by atoms with van der Waals surface area (Å²) >= 11 is 0. The van der Waals surface area contributed by atoms with E-state index in [1.165, 1.54) is 6.33 Å². The van der Waals surface area contributed by atoms with E-state index in [4.69, 9.17) is 4.74 Å². The van der Waals surface area contributed by atoms with Crippen LogP contribution in [-0.2, 0) is 16.1 Å². The van der Waals surface area contributed by atoms with E-state index in [0.717, 1.165) is 11.3 Å². The van der Waals surface area contributed by atoms with Gasteiger partial charge in [-0.05, 0) is 44.9 Å². The van der Waals surface area contributed by atoms with Gasteiger partial charge in [0.15, 0.2) is 0 Å². The standard InChI is InChI=1S/C18H25N5O3/c1-18(2,3)26-17(25)20-10-4-5-16(24)22-15-8-6-14(7-9-15)11-23-13-19-12-21-23/h6-9,12-13H,4-5,10-11H2,1-3H3,(H,20,25)(H,22,24). The maximum absolute atomic E-state index is 11.9. The van der Waals surface area contributed by atoms with Crippen LogP contribution in [-0.4, -0.2) is 38.9 Å². The van der Waals surface area contributed by atoms with Gasteiger partial charge < -0.3 is 15.4 Å². The largest absolute Gasteiger partial charge is 0.444 e. The van der Waals surface area contributed by atoms with Gasteiger partial charge in [0.05, 0.1) is 6.54 Å². The number of nitrogens with one attached hydrogen (secondary N) is 2. The molecule has 0 saturated heterocycles. The Morgan fingerprint density at radius 2 is 1.92 bits per heavy atom. The third-order valence-electron chi connectivity index (χ3n) is 3.30. The molecule has 0 bridgehead atoms. The fraction of sp³-hybridized carbons (Fsp3) is 0.444. The second-order valence-electron chi connectivity index (χ2n) is 6.87. The number of carbonyl (C=O) groups excluding carboxylic acids is 2. The Labute approximate surface area is 153 Å². The molecular weight excluding hydrogens is 334 g/mol. The van der Waals surface area contributed by atoms with E-state index in [0.29, 0.717) is 25.9 Å². The maximum atomic E-state index is 11.9. The summed E-state index contributed by atoms with van der Waals surface area (Å²) in [6, 6.07) is 7.56. The van der Waals surface area contributed by atoms with E-state index >= 15 is 0 Å². The SMILES string of the molecule is CC(C)(C)OC(=O)NCCCC(=O)Nc1ccc(Cn2cncn2)cc1. The second-order valence-corrected chi connectivity index (χ2v) is 6.87. The summed E-state index contributed by atoms with van der Waals surface area (Å²) in [6.45, 7) is 6.43. The number of hydrogen-bond acceptors (Lipinski definition) is 5. The van der Waals surface area contributed by atoms with Gasteiger partial charge in [-0.1, -0.05) is 12.1 Å². The highest BCUT2D eigenvalue weighted by Gasteiger charge is 2.15. The number of amides is 2. The number of hydrogen-bond donors (Lipinski definition) is 2. The van der Waals surface area contributed by atoms with Crippen molar-refractivity contribution in [3.05, 3.63) is 42.5 Å². The molecule has 2 aromatic rings. The minimum Gasteiger partial charge on any atom is -0.444 e. The highest BCUT2D eigenvalue weighted by atomic mass is 16.6. The van der Waals surface area contributed by atoms with Gasteiger partial charge in [0.2, 0.25) is 5.91 Å². The van der Waals surface area contributed by atoms with Crippen LogP contribution in [0, 0.1) is 0 Å². The number of alkyl carbamates (subject to hydrolysis) is 1. The molecule has 0 aliphatic heterocycles. The molecule has 2 rings (SSSR count). The lowest BCUT2D eigenvalue weighted by Crippen LogP contribution is -2.33. The van der Waals surface area contributed by atoms with Crippen molar-refractivity contribution in [3.63, 3.8) is 0 Å². The van der Waals surface area contributed by atoms with Crippen LogP contribution in [0.3, 0.4) is 0 Å². The van der Waals surface area contributed by atoms with Crippen molar-refractivity contribution in [3.8, 4) is 0 Å². The molecule has 0 spiro atoms. The van der Waals surface area contributed by atoms with E-state index in [1.54, 1.807) is 31.8 Å². The summed E-state index contributed by atoms with van der Waals surface area (Å²) in [5, 5.41) is 9.52. The van der Waals surface area contributed by atoms with Crippen LogP contribution in [0.25, 0.3) is 0 Å². The van der Waals surface area contributed by atoms with Gasteiger partial charge in [-0.15, -0.1) is 0 Å². The first-order chi connectivity index (χ1) is 12.3. The smallest absolute Gasteiger partial charge is 0.407 e. The Balaban J connectivity index is 1.67. The quantitative estimate of drug-likeness (QED) is 0.741. The van der Waals surface area contributed by atoms with Crippen LogP contribution < -0.4 is 10.6 Å². The van der Waals surface area contributed by atoms with Crippen molar-refractivity contribution < 1.29 is 14.3 Å². The molecule has 0 atom stereocenters. The highest BCUT2D eigenvalue weighted by Crippen LogP contribution is 2.11. The number of nitrogens with zero attached hydrogens (tertiary/aromatic N) is 3. The summed E-state index contributed by atoms with van der Waals surface area (Å²) in [6.07, 6.45) is 3.53. The lowest BCUT2D eigenvalue weighted by molar-refractivity contribution is -0.116. The van der Waals surface area contributed by atoms with Gasteiger partial charge in [-0.3, -0.25) is 4.79 Å². The van der Waals surface area contributed by atoms with Gasteiger partial charge in [0.1, 0.15) is 18.3 Å². The molecule has 26 heavy (non-hydrogen) atoms. The predicted octanol–water partition coefficient (Wildman–Crippen LogP) is 2.57. The first-order valence-electron chi connectivity index (χ1n) is 8.50. The van der Waals surface area contributed by atoms with Crippen molar-refractivity contribution in [1.82, 2.24) is 20.1 Å². The Morgan fingerprint density at radius 1 is 1.19 bits per heavy atom. The van der Waals surface area contributed by atoms with Crippen molar-refractivity contribution in [2.75, 3.05) is 11.9 Å². The number of benzene rings is 1. The van der Waals surface area contributed by atoms with Crippen LogP contribution in [0.1, 0.15) is 39.2 Å². The Bertz CT molecular complexity index is 705. The van der Waals surface area contributed by atoms with Crippen molar-refractivity contribution in [2.45, 2.75) is 45.8 Å². The molecule has 2 N–H and O–H groups in total. The lowest BCUT2D eigenvalue weighted by Gasteiger charge is -2.19. The van der Waals surface area contributed by atoms with Crippen molar-refractivity contribution in [2.24, 2.45) is 0 Å². The molecular formula is C18H25N5O3. The summed E-state index contributed by atoms with van der Waals surface area (Å²) in [4.78, 5) is 27.3. The molecule has 0 fully saturated rings. The first-order valence-corrected chi connectivity index (χ1v) is 8.50. The minimum absolute atomic E-state index is 0.0972. The van der Waals surface area contributed by atoms with E-state index in [-0.39, 0.29) is 5.91 Å². The third kappa shape index (κ3) is 7.33. The first kappa shape index (κ1) is 19.4.